The molecule has 0 bridgehead atoms. The predicted octanol–water partition coefficient (Wildman–Crippen LogP) is 1.28. The van der Waals surface area contributed by atoms with Gasteiger partial charge in [0.1, 0.15) is 0 Å². The van der Waals surface area contributed by atoms with Crippen LogP contribution < -0.4 is 14.8 Å². The number of carbonyl (C=O) groups excluding carboxylic acids is 1. The largest absolute Gasteiger partial charge is 0.493 e. The summed E-state index contributed by atoms with van der Waals surface area (Å²) in [5.41, 5.74) is 0. The van der Waals surface area contributed by atoms with Crippen LogP contribution >= 0.6 is 0 Å². The van der Waals surface area contributed by atoms with E-state index in [0.29, 0.717) is 18.0 Å². The normalized spacial score (nSPS) is 17.8. The molecule has 1 aliphatic heterocycles. The zero-order valence-electron chi connectivity index (χ0n) is 12.1. The summed E-state index contributed by atoms with van der Waals surface area (Å²) in [6, 6.07) is 7.64. The molecule has 1 heterocycles. The van der Waals surface area contributed by atoms with Crippen LogP contribution in [0.2, 0.25) is 0 Å². The van der Waals surface area contributed by atoms with Gasteiger partial charge in [0.25, 0.3) is 5.91 Å². The van der Waals surface area contributed by atoms with Gasteiger partial charge in [-0.05, 0) is 32.0 Å². The van der Waals surface area contributed by atoms with Crippen molar-refractivity contribution in [3.63, 3.8) is 0 Å². The second-order valence-corrected chi connectivity index (χ2v) is 4.77. The van der Waals surface area contributed by atoms with Crippen LogP contribution in [0.15, 0.2) is 24.3 Å². The third-order valence-electron chi connectivity index (χ3n) is 3.56. The first-order valence-corrected chi connectivity index (χ1v) is 7.02. The highest BCUT2D eigenvalue weighted by Gasteiger charge is 2.25. The predicted molar refractivity (Wildman–Crippen MR) is 77.2 cm³/mol. The molecule has 5 nitrogen and oxygen atoms in total. The number of rotatable bonds is 6. The third kappa shape index (κ3) is 3.42. The van der Waals surface area contributed by atoms with E-state index >= 15 is 0 Å². The number of hydrogen-bond donors (Lipinski definition) is 1. The van der Waals surface area contributed by atoms with Crippen LogP contribution in [0.5, 0.6) is 11.5 Å². The molecule has 0 aromatic heterocycles. The van der Waals surface area contributed by atoms with Gasteiger partial charge in [-0.25, -0.2) is 0 Å². The van der Waals surface area contributed by atoms with E-state index in [0.717, 1.165) is 19.5 Å². The summed E-state index contributed by atoms with van der Waals surface area (Å²) >= 11 is 0. The van der Waals surface area contributed by atoms with Crippen LogP contribution in [0.1, 0.15) is 13.3 Å². The lowest BCUT2D eigenvalue weighted by Crippen LogP contribution is -2.43. The Morgan fingerprint density at radius 3 is 2.75 bits per heavy atom. The molecule has 0 spiro atoms. The van der Waals surface area contributed by atoms with Gasteiger partial charge in [0.05, 0.1) is 7.11 Å². The van der Waals surface area contributed by atoms with Crippen molar-refractivity contribution in [2.24, 2.45) is 0 Å². The van der Waals surface area contributed by atoms with Crippen LogP contribution in [0.25, 0.3) is 0 Å². The Morgan fingerprint density at radius 2 is 2.15 bits per heavy atom. The number of benzene rings is 1. The number of nitrogens with one attached hydrogen (secondary N) is 1. The molecule has 0 radical (unpaired) electrons. The number of carbonyl (C=O) groups is 1. The summed E-state index contributed by atoms with van der Waals surface area (Å²) < 4.78 is 10.8. The quantitative estimate of drug-likeness (QED) is 0.852. The van der Waals surface area contributed by atoms with Gasteiger partial charge < -0.3 is 19.7 Å². The van der Waals surface area contributed by atoms with Crippen LogP contribution in [-0.2, 0) is 4.79 Å². The molecule has 1 unspecified atom stereocenters. The molecule has 0 saturated carbocycles. The van der Waals surface area contributed by atoms with Crippen molar-refractivity contribution in [3.05, 3.63) is 24.3 Å². The van der Waals surface area contributed by atoms with Gasteiger partial charge in [-0.1, -0.05) is 12.1 Å². The van der Waals surface area contributed by atoms with E-state index in [-0.39, 0.29) is 18.6 Å². The van der Waals surface area contributed by atoms with Crippen molar-refractivity contribution < 1.29 is 14.3 Å². The monoisotopic (exact) mass is 278 g/mol. The molecule has 1 aromatic rings. The Morgan fingerprint density at radius 1 is 1.40 bits per heavy atom. The fraction of sp³-hybridized carbons (Fsp3) is 0.533. The molecule has 1 aromatic carbocycles. The minimum absolute atomic E-state index is 0.0205. The van der Waals surface area contributed by atoms with Crippen molar-refractivity contribution >= 4 is 5.91 Å². The Kier molecular flexibility index (Phi) is 5.24. The molecule has 5 heteroatoms. The standard InChI is InChI=1S/C15H22N2O3/c1-3-17(12-8-9-16-10-12)15(18)11-20-14-7-5-4-6-13(14)19-2/h4-7,12,16H,3,8-11H2,1-2H3. The SMILES string of the molecule is CCN(C(=O)COc1ccccc1OC)C1CCNC1. The number of hydrogen-bond acceptors (Lipinski definition) is 4. The first kappa shape index (κ1) is 14.7. The van der Waals surface area contributed by atoms with E-state index in [9.17, 15) is 4.79 Å². The average Bonchev–Trinajstić information content (AvgIpc) is 3.00. The maximum atomic E-state index is 12.3. The fourth-order valence-corrected chi connectivity index (χ4v) is 2.50. The van der Waals surface area contributed by atoms with E-state index < -0.39 is 0 Å². The number of ether oxygens (including phenoxy) is 2. The topological polar surface area (TPSA) is 50.8 Å². The van der Waals surface area contributed by atoms with Crippen LogP contribution in [-0.4, -0.2) is 50.2 Å². The molecule has 1 atom stereocenters. The molecule has 20 heavy (non-hydrogen) atoms. The van der Waals surface area contributed by atoms with E-state index in [1.807, 2.05) is 30.0 Å². The molecular weight excluding hydrogens is 256 g/mol. The van der Waals surface area contributed by atoms with Gasteiger partial charge in [-0.2, -0.15) is 0 Å². The van der Waals surface area contributed by atoms with E-state index in [4.69, 9.17) is 9.47 Å². The van der Waals surface area contributed by atoms with Crippen molar-refractivity contribution in [1.82, 2.24) is 10.2 Å². The van der Waals surface area contributed by atoms with E-state index in [1.54, 1.807) is 13.2 Å². The first-order chi connectivity index (χ1) is 9.76. The highest BCUT2D eigenvalue weighted by molar-refractivity contribution is 5.78. The molecule has 1 saturated heterocycles. The lowest BCUT2D eigenvalue weighted by Gasteiger charge is -2.27. The minimum Gasteiger partial charge on any atom is -0.493 e. The summed E-state index contributed by atoms with van der Waals surface area (Å²) in [6.07, 6.45) is 1.01. The van der Waals surface area contributed by atoms with Gasteiger partial charge in [0.2, 0.25) is 0 Å². The summed E-state index contributed by atoms with van der Waals surface area (Å²) in [7, 11) is 1.59. The Labute approximate surface area is 119 Å². The van der Waals surface area contributed by atoms with Gasteiger partial charge in [0, 0.05) is 19.1 Å². The minimum atomic E-state index is 0.0205. The summed E-state index contributed by atoms with van der Waals surface area (Å²) in [5.74, 6) is 1.27. The van der Waals surface area contributed by atoms with Crippen LogP contribution in [0.4, 0.5) is 0 Å². The number of para-hydroxylation sites is 2. The zero-order chi connectivity index (χ0) is 14.4. The van der Waals surface area contributed by atoms with Gasteiger partial charge in [-0.15, -0.1) is 0 Å². The first-order valence-electron chi connectivity index (χ1n) is 7.02. The molecule has 1 N–H and O–H groups in total. The number of methoxy groups -OCH3 is 1. The lowest BCUT2D eigenvalue weighted by atomic mass is 10.2. The highest BCUT2D eigenvalue weighted by atomic mass is 16.5. The van der Waals surface area contributed by atoms with Gasteiger partial charge in [-0.3, -0.25) is 4.79 Å². The molecule has 0 aliphatic carbocycles. The van der Waals surface area contributed by atoms with Crippen LogP contribution in [0.3, 0.4) is 0 Å². The Bertz CT molecular complexity index is 444. The fourth-order valence-electron chi connectivity index (χ4n) is 2.50. The number of likely N-dealkylation sites (N-methyl/N-ethyl adjacent to an activating group) is 1. The second-order valence-electron chi connectivity index (χ2n) is 4.77. The smallest absolute Gasteiger partial charge is 0.260 e. The van der Waals surface area contributed by atoms with Crippen molar-refractivity contribution in [3.8, 4) is 11.5 Å². The summed E-state index contributed by atoms with van der Waals surface area (Å²) in [4.78, 5) is 14.2. The molecule has 1 amide bonds. The van der Waals surface area contributed by atoms with E-state index in [1.165, 1.54) is 0 Å². The Balaban J connectivity index is 1.93. The third-order valence-corrected chi connectivity index (χ3v) is 3.56. The van der Waals surface area contributed by atoms with Crippen molar-refractivity contribution in [2.45, 2.75) is 19.4 Å². The Hall–Kier alpha value is -1.75. The van der Waals surface area contributed by atoms with Crippen molar-refractivity contribution in [2.75, 3.05) is 33.4 Å². The van der Waals surface area contributed by atoms with Gasteiger partial charge >= 0.3 is 0 Å². The second kappa shape index (κ2) is 7.14. The summed E-state index contributed by atoms with van der Waals surface area (Å²) in [6.45, 7) is 4.60. The summed E-state index contributed by atoms with van der Waals surface area (Å²) in [5, 5.41) is 3.28. The van der Waals surface area contributed by atoms with E-state index in [2.05, 4.69) is 5.32 Å². The van der Waals surface area contributed by atoms with Crippen LogP contribution in [0, 0.1) is 0 Å². The zero-order valence-corrected chi connectivity index (χ0v) is 12.1. The molecule has 110 valence electrons. The number of amides is 1. The molecule has 1 aliphatic rings. The molecular formula is C15H22N2O3. The highest BCUT2D eigenvalue weighted by Crippen LogP contribution is 2.25. The maximum Gasteiger partial charge on any atom is 0.260 e. The molecule has 1 fully saturated rings. The van der Waals surface area contributed by atoms with Crippen molar-refractivity contribution in [1.29, 1.82) is 0 Å². The molecule has 2 rings (SSSR count). The number of nitrogens with zero attached hydrogens (tertiary/aromatic N) is 1. The average molecular weight is 278 g/mol. The lowest BCUT2D eigenvalue weighted by molar-refractivity contribution is -0.135. The maximum absolute atomic E-state index is 12.3. The van der Waals surface area contributed by atoms with Gasteiger partial charge in [0.15, 0.2) is 18.1 Å².